The van der Waals surface area contributed by atoms with Gasteiger partial charge in [-0.3, -0.25) is 9.36 Å². The number of carbonyl (C=O) groups excluding carboxylic acids is 1. The average Bonchev–Trinajstić information content (AvgIpc) is 3.49. The Morgan fingerprint density at radius 1 is 1.06 bits per heavy atom. The highest BCUT2D eigenvalue weighted by Crippen LogP contribution is 2.39. The minimum atomic E-state index is -3.47. The Labute approximate surface area is 203 Å². The van der Waals surface area contributed by atoms with Gasteiger partial charge in [0.25, 0.3) is 0 Å². The number of amides is 1. The minimum Gasteiger partial charge on any atom is -0.325 e. The first-order valence-electron chi connectivity index (χ1n) is 11.3. The normalized spacial score (nSPS) is 17.2. The maximum absolute atomic E-state index is 12.7. The summed E-state index contributed by atoms with van der Waals surface area (Å²) in [6.07, 6.45) is 2.65. The third-order valence-electron chi connectivity index (χ3n) is 6.29. The second kappa shape index (κ2) is 8.83. The van der Waals surface area contributed by atoms with E-state index in [0.29, 0.717) is 23.9 Å². The number of sulfonamides is 1. The zero-order valence-corrected chi connectivity index (χ0v) is 20.8. The van der Waals surface area contributed by atoms with Crippen LogP contribution >= 0.6 is 11.8 Å². The molecule has 5 rings (SSSR count). The van der Waals surface area contributed by atoms with Crippen molar-refractivity contribution < 1.29 is 13.2 Å². The molecule has 34 heavy (non-hydrogen) atoms. The summed E-state index contributed by atoms with van der Waals surface area (Å²) in [5.74, 6) is 0.806. The topological polar surface area (TPSA) is 97.2 Å². The Kier molecular flexibility index (Phi) is 5.99. The third-order valence-corrected chi connectivity index (χ3v) is 9.14. The maximum Gasteiger partial charge on any atom is 0.243 e. The number of hydrogen-bond donors (Lipinski definition) is 1. The van der Waals surface area contributed by atoms with Crippen molar-refractivity contribution in [2.24, 2.45) is 0 Å². The molecule has 0 unspecified atom stereocenters. The minimum absolute atomic E-state index is 0.170. The fourth-order valence-corrected chi connectivity index (χ4v) is 7.05. The molecule has 2 aliphatic rings. The van der Waals surface area contributed by atoms with Crippen molar-refractivity contribution in [1.82, 2.24) is 19.1 Å². The second-order valence-electron chi connectivity index (χ2n) is 9.26. The Balaban J connectivity index is 1.25. The lowest BCUT2D eigenvalue weighted by molar-refractivity contribution is -0.113. The van der Waals surface area contributed by atoms with Gasteiger partial charge in [-0.1, -0.05) is 36.0 Å². The molecule has 0 bridgehead atoms. The third kappa shape index (κ3) is 4.25. The molecule has 0 atom stereocenters. The Hall–Kier alpha value is -2.69. The molecule has 2 aromatic carbocycles. The number of benzene rings is 2. The number of thioether (sulfide) groups is 1. The summed E-state index contributed by atoms with van der Waals surface area (Å²) in [6, 6.07) is 14.6. The standard InChI is InChI=1S/C24H27N5O3S2/c1-24(2)15-17-7-3-4-8-20(17)22-26-27-23(29(22)24)33-16-21(30)25-18-9-11-19(12-10-18)34(31,32)28-13-5-6-14-28/h3-4,7-12H,5-6,13-16H2,1-2H3,(H,25,30). The molecule has 0 saturated carbocycles. The van der Waals surface area contributed by atoms with Crippen LogP contribution in [0.5, 0.6) is 0 Å². The van der Waals surface area contributed by atoms with Gasteiger partial charge in [0.2, 0.25) is 15.9 Å². The fourth-order valence-electron chi connectivity index (χ4n) is 4.64. The van der Waals surface area contributed by atoms with Crippen molar-refractivity contribution in [2.45, 2.75) is 48.7 Å². The summed E-state index contributed by atoms with van der Waals surface area (Å²) in [5, 5.41) is 12.3. The number of rotatable bonds is 6. The molecule has 3 aromatic rings. The van der Waals surface area contributed by atoms with Crippen LogP contribution in [-0.2, 0) is 26.8 Å². The SMILES string of the molecule is CC1(C)Cc2ccccc2-c2nnc(SCC(=O)Nc3ccc(S(=O)(=O)N4CCCC4)cc3)n21. The second-order valence-corrected chi connectivity index (χ2v) is 12.1. The Morgan fingerprint density at radius 2 is 1.76 bits per heavy atom. The number of anilines is 1. The van der Waals surface area contributed by atoms with Crippen molar-refractivity contribution in [1.29, 1.82) is 0 Å². The summed E-state index contributed by atoms with van der Waals surface area (Å²) in [7, 11) is -3.47. The number of fused-ring (bicyclic) bond motifs is 3. The summed E-state index contributed by atoms with van der Waals surface area (Å²) in [5.41, 5.74) is 2.68. The average molecular weight is 498 g/mol. The summed E-state index contributed by atoms with van der Waals surface area (Å²) in [4.78, 5) is 12.9. The molecule has 3 heterocycles. The van der Waals surface area contributed by atoms with E-state index in [-0.39, 0.29) is 22.1 Å². The quantitative estimate of drug-likeness (QED) is 0.521. The van der Waals surface area contributed by atoms with Gasteiger partial charge in [0.15, 0.2) is 11.0 Å². The van der Waals surface area contributed by atoms with Crippen LogP contribution in [0.4, 0.5) is 5.69 Å². The van der Waals surface area contributed by atoms with Gasteiger partial charge in [-0.05, 0) is 62.9 Å². The van der Waals surface area contributed by atoms with Crippen molar-refractivity contribution >= 4 is 33.4 Å². The molecule has 2 aliphatic heterocycles. The van der Waals surface area contributed by atoms with E-state index in [9.17, 15) is 13.2 Å². The molecule has 1 N–H and O–H groups in total. The van der Waals surface area contributed by atoms with Crippen molar-refractivity contribution in [3.05, 3.63) is 54.1 Å². The van der Waals surface area contributed by atoms with Crippen LogP contribution in [0.1, 0.15) is 32.3 Å². The van der Waals surface area contributed by atoms with E-state index in [2.05, 4.69) is 46.1 Å². The molecule has 178 valence electrons. The number of aromatic nitrogens is 3. The molecule has 0 spiro atoms. The molecule has 10 heteroatoms. The van der Waals surface area contributed by atoms with Crippen LogP contribution < -0.4 is 5.32 Å². The monoisotopic (exact) mass is 497 g/mol. The molecule has 0 aliphatic carbocycles. The first-order chi connectivity index (χ1) is 16.3. The predicted octanol–water partition coefficient (Wildman–Crippen LogP) is 3.75. The van der Waals surface area contributed by atoms with Gasteiger partial charge >= 0.3 is 0 Å². The lowest BCUT2D eigenvalue weighted by atomic mass is 9.87. The van der Waals surface area contributed by atoms with E-state index in [1.165, 1.54) is 21.6 Å². The smallest absolute Gasteiger partial charge is 0.243 e. The molecule has 1 fully saturated rings. The molecular weight excluding hydrogens is 470 g/mol. The molecule has 8 nitrogen and oxygen atoms in total. The van der Waals surface area contributed by atoms with E-state index < -0.39 is 10.0 Å². The van der Waals surface area contributed by atoms with Crippen LogP contribution in [0.3, 0.4) is 0 Å². The van der Waals surface area contributed by atoms with Crippen LogP contribution in [0.25, 0.3) is 11.4 Å². The van der Waals surface area contributed by atoms with Crippen molar-refractivity contribution in [2.75, 3.05) is 24.2 Å². The van der Waals surface area contributed by atoms with Gasteiger partial charge < -0.3 is 5.32 Å². The highest BCUT2D eigenvalue weighted by Gasteiger charge is 2.34. The number of carbonyl (C=O) groups is 1. The van der Waals surface area contributed by atoms with E-state index in [1.807, 2.05) is 12.1 Å². The van der Waals surface area contributed by atoms with Gasteiger partial charge in [0, 0.05) is 29.9 Å². The summed E-state index contributed by atoms with van der Waals surface area (Å²) < 4.78 is 29.0. The van der Waals surface area contributed by atoms with Gasteiger partial charge in [-0.15, -0.1) is 10.2 Å². The summed E-state index contributed by atoms with van der Waals surface area (Å²) in [6.45, 7) is 5.43. The fraction of sp³-hybridized carbons (Fsp3) is 0.375. The van der Waals surface area contributed by atoms with E-state index >= 15 is 0 Å². The lowest BCUT2D eigenvalue weighted by Gasteiger charge is -2.34. The first kappa shape index (κ1) is 23.1. The molecule has 1 saturated heterocycles. The maximum atomic E-state index is 12.7. The van der Waals surface area contributed by atoms with Gasteiger partial charge in [0.1, 0.15) is 0 Å². The van der Waals surface area contributed by atoms with E-state index in [0.717, 1.165) is 30.7 Å². The largest absolute Gasteiger partial charge is 0.325 e. The summed E-state index contributed by atoms with van der Waals surface area (Å²) >= 11 is 1.35. The zero-order chi connectivity index (χ0) is 23.9. The number of nitrogens with one attached hydrogen (secondary N) is 1. The van der Waals surface area contributed by atoms with Crippen LogP contribution in [0.2, 0.25) is 0 Å². The van der Waals surface area contributed by atoms with Gasteiger partial charge in [0.05, 0.1) is 10.6 Å². The van der Waals surface area contributed by atoms with E-state index in [4.69, 9.17) is 0 Å². The number of nitrogens with zero attached hydrogens (tertiary/aromatic N) is 4. The molecule has 1 amide bonds. The molecular formula is C24H27N5O3S2. The lowest BCUT2D eigenvalue weighted by Crippen LogP contribution is -2.33. The predicted molar refractivity (Wildman–Crippen MR) is 132 cm³/mol. The Bertz CT molecular complexity index is 1330. The zero-order valence-electron chi connectivity index (χ0n) is 19.2. The number of hydrogen-bond acceptors (Lipinski definition) is 6. The van der Waals surface area contributed by atoms with Crippen LogP contribution in [0.15, 0.2) is 58.6 Å². The van der Waals surface area contributed by atoms with Crippen molar-refractivity contribution in [3.63, 3.8) is 0 Å². The molecule has 1 aromatic heterocycles. The van der Waals surface area contributed by atoms with Crippen LogP contribution in [0, 0.1) is 0 Å². The highest BCUT2D eigenvalue weighted by atomic mass is 32.2. The first-order valence-corrected chi connectivity index (χ1v) is 13.8. The van der Waals surface area contributed by atoms with E-state index in [1.54, 1.807) is 24.3 Å². The highest BCUT2D eigenvalue weighted by molar-refractivity contribution is 7.99. The molecule has 0 radical (unpaired) electrons. The van der Waals surface area contributed by atoms with Crippen molar-refractivity contribution in [3.8, 4) is 11.4 Å². The van der Waals surface area contributed by atoms with Gasteiger partial charge in [-0.2, -0.15) is 4.31 Å². The Morgan fingerprint density at radius 3 is 2.50 bits per heavy atom. The van der Waals surface area contributed by atoms with Gasteiger partial charge in [-0.25, -0.2) is 8.42 Å². The van der Waals surface area contributed by atoms with Crippen LogP contribution in [-0.4, -0.2) is 52.2 Å².